The largest absolute Gasteiger partial charge is 0.482 e. The number of carboxylic acid groups (broad SMARTS) is 1. The molecule has 102 valence electrons. The Balaban J connectivity index is 2.94. The van der Waals surface area contributed by atoms with E-state index in [4.69, 9.17) is 21.4 Å². The maximum atomic E-state index is 10.7. The summed E-state index contributed by atoms with van der Waals surface area (Å²) in [6.45, 7) is 1.20. The minimum absolute atomic E-state index is 0.0427. The first-order valence-corrected chi connectivity index (χ1v) is 5.81. The standard InChI is InChI=1S/C12H12ClNO5/c1-2-9(14(17)18)5-8-3-4-10(6-11(8)13)19-7-12(15)16/h3-6H,2,7H2,1H3,(H,15,16)/b9-5+. The SMILES string of the molecule is CC/C(=C\c1ccc(OCC(=O)O)cc1Cl)[N+](=O)[O-]. The highest BCUT2D eigenvalue weighted by molar-refractivity contribution is 6.32. The van der Waals surface area contributed by atoms with Crippen LogP contribution >= 0.6 is 11.6 Å². The minimum atomic E-state index is -1.10. The lowest BCUT2D eigenvalue weighted by Gasteiger charge is -2.05. The number of nitro groups is 1. The summed E-state index contributed by atoms with van der Waals surface area (Å²) in [4.78, 5) is 20.6. The molecule has 6 nitrogen and oxygen atoms in total. The van der Waals surface area contributed by atoms with Gasteiger partial charge in [0.15, 0.2) is 6.61 Å². The zero-order valence-corrected chi connectivity index (χ0v) is 10.9. The van der Waals surface area contributed by atoms with Crippen molar-refractivity contribution in [2.45, 2.75) is 13.3 Å². The molecule has 19 heavy (non-hydrogen) atoms. The maximum absolute atomic E-state index is 10.7. The van der Waals surface area contributed by atoms with Crippen molar-refractivity contribution in [2.24, 2.45) is 0 Å². The molecule has 0 atom stereocenters. The first kappa shape index (κ1) is 15.0. The lowest BCUT2D eigenvalue weighted by Crippen LogP contribution is -2.09. The molecule has 0 saturated carbocycles. The molecular formula is C12H12ClNO5. The molecule has 0 heterocycles. The predicted octanol–water partition coefficient (Wildman–Crippen LogP) is 2.83. The second-order valence-corrected chi connectivity index (χ2v) is 4.02. The summed E-state index contributed by atoms with van der Waals surface area (Å²) in [7, 11) is 0. The average Bonchev–Trinajstić information content (AvgIpc) is 2.34. The number of halogens is 1. The Kier molecular flexibility index (Phi) is 5.32. The van der Waals surface area contributed by atoms with Crippen molar-refractivity contribution in [3.63, 3.8) is 0 Å². The summed E-state index contributed by atoms with van der Waals surface area (Å²) >= 11 is 5.96. The molecule has 7 heteroatoms. The van der Waals surface area contributed by atoms with E-state index in [1.54, 1.807) is 13.0 Å². The summed E-state index contributed by atoms with van der Waals surface area (Å²) in [5, 5.41) is 19.4. The van der Waals surface area contributed by atoms with E-state index in [0.717, 1.165) is 0 Å². The smallest absolute Gasteiger partial charge is 0.341 e. The second-order valence-electron chi connectivity index (χ2n) is 3.61. The van der Waals surface area contributed by atoms with E-state index < -0.39 is 17.5 Å². The Morgan fingerprint density at radius 2 is 2.26 bits per heavy atom. The van der Waals surface area contributed by atoms with Gasteiger partial charge in [0.25, 0.3) is 0 Å². The lowest BCUT2D eigenvalue weighted by molar-refractivity contribution is -0.425. The summed E-state index contributed by atoms with van der Waals surface area (Å²) in [6.07, 6.45) is 1.66. The zero-order chi connectivity index (χ0) is 14.4. The summed E-state index contributed by atoms with van der Waals surface area (Å²) in [5.74, 6) is -0.801. The van der Waals surface area contributed by atoms with Crippen LogP contribution in [0.25, 0.3) is 6.08 Å². The van der Waals surface area contributed by atoms with Crippen molar-refractivity contribution < 1.29 is 19.6 Å². The van der Waals surface area contributed by atoms with Gasteiger partial charge >= 0.3 is 5.97 Å². The van der Waals surface area contributed by atoms with E-state index in [0.29, 0.717) is 11.3 Å². The number of allylic oxidation sites excluding steroid dienone is 1. The van der Waals surface area contributed by atoms with E-state index in [9.17, 15) is 14.9 Å². The number of hydrogen-bond donors (Lipinski definition) is 1. The van der Waals surface area contributed by atoms with Gasteiger partial charge in [0, 0.05) is 12.5 Å². The summed E-state index contributed by atoms with van der Waals surface area (Å²) < 4.78 is 4.94. The quantitative estimate of drug-likeness (QED) is 0.641. The first-order valence-electron chi connectivity index (χ1n) is 5.43. The second kappa shape index (κ2) is 6.75. The van der Waals surface area contributed by atoms with Crippen molar-refractivity contribution in [3.05, 3.63) is 44.6 Å². The van der Waals surface area contributed by atoms with E-state index in [2.05, 4.69) is 0 Å². The van der Waals surface area contributed by atoms with Gasteiger partial charge in [-0.3, -0.25) is 10.1 Å². The van der Waals surface area contributed by atoms with Crippen LogP contribution in [-0.2, 0) is 4.79 Å². The van der Waals surface area contributed by atoms with Crippen LogP contribution in [-0.4, -0.2) is 22.6 Å². The fraction of sp³-hybridized carbons (Fsp3) is 0.250. The van der Waals surface area contributed by atoms with Crippen LogP contribution < -0.4 is 4.74 Å². The van der Waals surface area contributed by atoms with Gasteiger partial charge in [0.1, 0.15) is 5.75 Å². The molecule has 0 bridgehead atoms. The van der Waals surface area contributed by atoms with Gasteiger partial charge in [0.05, 0.1) is 9.95 Å². The Hall–Kier alpha value is -2.08. The maximum Gasteiger partial charge on any atom is 0.341 e. The molecule has 0 radical (unpaired) electrons. The van der Waals surface area contributed by atoms with Crippen LogP contribution in [0.1, 0.15) is 18.9 Å². The molecule has 1 rings (SSSR count). The van der Waals surface area contributed by atoms with Crippen molar-refractivity contribution >= 4 is 23.6 Å². The molecule has 0 aromatic heterocycles. The molecule has 0 unspecified atom stereocenters. The third-order valence-electron chi connectivity index (χ3n) is 2.25. The van der Waals surface area contributed by atoms with Crippen LogP contribution in [0, 0.1) is 10.1 Å². The summed E-state index contributed by atoms with van der Waals surface area (Å²) in [6, 6.07) is 4.47. The van der Waals surface area contributed by atoms with Crippen LogP contribution in [0.15, 0.2) is 23.9 Å². The zero-order valence-electron chi connectivity index (χ0n) is 10.1. The molecule has 0 fully saturated rings. The van der Waals surface area contributed by atoms with Gasteiger partial charge < -0.3 is 9.84 Å². The van der Waals surface area contributed by atoms with E-state index in [-0.39, 0.29) is 17.1 Å². The molecule has 1 aromatic rings. The fourth-order valence-electron chi connectivity index (χ4n) is 1.32. The number of benzene rings is 1. The van der Waals surface area contributed by atoms with Crippen molar-refractivity contribution in [1.82, 2.24) is 0 Å². The van der Waals surface area contributed by atoms with Crippen molar-refractivity contribution in [1.29, 1.82) is 0 Å². The highest BCUT2D eigenvalue weighted by Crippen LogP contribution is 2.25. The highest BCUT2D eigenvalue weighted by Gasteiger charge is 2.10. The Morgan fingerprint density at radius 3 is 2.74 bits per heavy atom. The molecule has 0 aliphatic rings. The minimum Gasteiger partial charge on any atom is -0.482 e. The number of aliphatic carboxylic acids is 1. The third kappa shape index (κ3) is 4.59. The van der Waals surface area contributed by atoms with Gasteiger partial charge in [0.2, 0.25) is 5.70 Å². The summed E-state index contributed by atoms with van der Waals surface area (Å²) in [5.41, 5.74) is 0.527. The predicted molar refractivity (Wildman–Crippen MR) is 69.8 cm³/mol. The molecule has 1 N–H and O–H groups in total. The Morgan fingerprint density at radius 1 is 1.58 bits per heavy atom. The van der Waals surface area contributed by atoms with Crippen molar-refractivity contribution in [3.8, 4) is 5.75 Å². The normalized spacial score (nSPS) is 11.2. The Labute approximate surface area is 114 Å². The van der Waals surface area contributed by atoms with E-state index >= 15 is 0 Å². The van der Waals surface area contributed by atoms with Gasteiger partial charge in [-0.25, -0.2) is 4.79 Å². The van der Waals surface area contributed by atoms with Gasteiger partial charge in [-0.2, -0.15) is 0 Å². The molecule has 0 aliphatic carbocycles. The van der Waals surface area contributed by atoms with Gasteiger partial charge in [-0.15, -0.1) is 0 Å². The van der Waals surface area contributed by atoms with Crippen LogP contribution in [0.3, 0.4) is 0 Å². The number of ether oxygens (including phenoxy) is 1. The number of rotatable bonds is 6. The Bertz CT molecular complexity index is 527. The first-order chi connectivity index (χ1) is 8.93. The lowest BCUT2D eigenvalue weighted by atomic mass is 10.1. The van der Waals surface area contributed by atoms with Crippen molar-refractivity contribution in [2.75, 3.05) is 6.61 Å². The van der Waals surface area contributed by atoms with E-state index in [1.807, 2.05) is 0 Å². The average molecular weight is 286 g/mol. The molecule has 1 aromatic carbocycles. The van der Waals surface area contributed by atoms with Crippen LogP contribution in [0.5, 0.6) is 5.75 Å². The number of nitrogens with zero attached hydrogens (tertiary/aromatic N) is 1. The molecular weight excluding hydrogens is 274 g/mol. The number of hydrogen-bond acceptors (Lipinski definition) is 4. The topological polar surface area (TPSA) is 89.7 Å². The third-order valence-corrected chi connectivity index (χ3v) is 2.58. The van der Waals surface area contributed by atoms with E-state index in [1.165, 1.54) is 18.2 Å². The van der Waals surface area contributed by atoms with Crippen LogP contribution in [0.4, 0.5) is 0 Å². The van der Waals surface area contributed by atoms with Gasteiger partial charge in [-0.05, 0) is 23.8 Å². The molecule has 0 spiro atoms. The molecule has 0 saturated heterocycles. The molecule has 0 amide bonds. The van der Waals surface area contributed by atoms with Crippen LogP contribution in [0.2, 0.25) is 5.02 Å². The number of carbonyl (C=O) groups is 1. The highest BCUT2D eigenvalue weighted by atomic mass is 35.5. The molecule has 0 aliphatic heterocycles. The van der Waals surface area contributed by atoms with Gasteiger partial charge in [-0.1, -0.05) is 18.5 Å². The fourth-order valence-corrected chi connectivity index (χ4v) is 1.55. The monoisotopic (exact) mass is 285 g/mol. The number of carboxylic acids is 1.